The Hall–Kier alpha value is -1.28. The van der Waals surface area contributed by atoms with Crippen LogP contribution < -0.4 is 0 Å². The van der Waals surface area contributed by atoms with Gasteiger partial charge in [-0.3, -0.25) is 0 Å². The summed E-state index contributed by atoms with van der Waals surface area (Å²) in [4.78, 5) is 0. The summed E-state index contributed by atoms with van der Waals surface area (Å²) in [6, 6.07) is 5.77. The summed E-state index contributed by atoms with van der Waals surface area (Å²) in [5, 5.41) is 10.9. The number of fused-ring (bicyclic) bond motifs is 1. The molecule has 0 aliphatic rings. The number of furan rings is 1. The van der Waals surface area contributed by atoms with Crippen molar-refractivity contribution in [3.8, 4) is 0 Å². The molecule has 2 heteroatoms. The van der Waals surface area contributed by atoms with Crippen LogP contribution >= 0.6 is 0 Å². The number of rotatable bonds is 1. The summed E-state index contributed by atoms with van der Waals surface area (Å²) in [5.41, 5.74) is 2.09. The summed E-state index contributed by atoms with van der Waals surface area (Å²) in [5.74, 6) is 0. The van der Waals surface area contributed by atoms with Crippen molar-refractivity contribution in [1.29, 1.82) is 0 Å². The molecule has 0 aliphatic heterocycles. The molecule has 0 fully saturated rings. The van der Waals surface area contributed by atoms with Crippen molar-refractivity contribution in [1.82, 2.24) is 0 Å². The summed E-state index contributed by atoms with van der Waals surface area (Å²) < 4.78 is 5.33. The van der Waals surface area contributed by atoms with Crippen LogP contribution in [-0.2, 0) is 5.60 Å². The molecule has 2 rings (SSSR count). The minimum absolute atomic E-state index is 0.794. The molecule has 1 N–H and O–H groups in total. The van der Waals surface area contributed by atoms with E-state index in [0.29, 0.717) is 0 Å². The van der Waals surface area contributed by atoms with Gasteiger partial charge in [-0.15, -0.1) is 0 Å². The van der Waals surface area contributed by atoms with E-state index in [9.17, 15) is 5.11 Å². The summed E-state index contributed by atoms with van der Waals surface area (Å²) in [6.45, 7) is 5.56. The largest absolute Gasteiger partial charge is 0.464 e. The van der Waals surface area contributed by atoms with Gasteiger partial charge in [-0.25, -0.2) is 0 Å². The molecule has 0 bridgehead atoms. The van der Waals surface area contributed by atoms with Gasteiger partial charge in [-0.05, 0) is 44.0 Å². The molecule has 2 nitrogen and oxygen atoms in total. The Morgan fingerprint density at radius 3 is 2.64 bits per heavy atom. The van der Waals surface area contributed by atoms with Crippen LogP contribution in [0.15, 0.2) is 28.9 Å². The van der Waals surface area contributed by atoms with Gasteiger partial charge in [-0.2, -0.15) is 0 Å². The number of aryl methyl sites for hydroxylation is 1. The van der Waals surface area contributed by atoms with E-state index in [0.717, 1.165) is 22.1 Å². The predicted octanol–water partition coefficient (Wildman–Crippen LogP) is 2.97. The second kappa shape index (κ2) is 2.85. The zero-order valence-corrected chi connectivity index (χ0v) is 8.66. The molecule has 0 atom stereocenters. The van der Waals surface area contributed by atoms with E-state index >= 15 is 0 Å². The minimum atomic E-state index is -0.794. The molecule has 0 radical (unpaired) electrons. The van der Waals surface area contributed by atoms with Crippen molar-refractivity contribution >= 4 is 11.0 Å². The van der Waals surface area contributed by atoms with E-state index in [4.69, 9.17) is 4.42 Å². The number of hydrogen-bond donors (Lipinski definition) is 1. The van der Waals surface area contributed by atoms with E-state index < -0.39 is 5.60 Å². The Balaban J connectivity index is 2.66. The van der Waals surface area contributed by atoms with Gasteiger partial charge in [-0.1, -0.05) is 6.07 Å². The first-order chi connectivity index (χ1) is 6.48. The second-order valence-corrected chi connectivity index (χ2v) is 4.19. The first-order valence-electron chi connectivity index (χ1n) is 4.69. The van der Waals surface area contributed by atoms with Gasteiger partial charge < -0.3 is 9.52 Å². The number of benzene rings is 1. The molecule has 0 saturated heterocycles. The zero-order valence-electron chi connectivity index (χ0n) is 8.66. The van der Waals surface area contributed by atoms with E-state index in [-0.39, 0.29) is 0 Å². The van der Waals surface area contributed by atoms with Crippen molar-refractivity contribution in [2.24, 2.45) is 0 Å². The first kappa shape index (κ1) is 9.28. The molecule has 1 aromatic heterocycles. The standard InChI is InChI=1S/C12H14O2/c1-8-7-14-11-5-4-9(6-10(8)11)12(2,3)13/h4-7,13H,1-3H3. The maximum Gasteiger partial charge on any atom is 0.134 e. The Morgan fingerprint density at radius 2 is 2.00 bits per heavy atom. The highest BCUT2D eigenvalue weighted by atomic mass is 16.3. The first-order valence-corrected chi connectivity index (χ1v) is 4.69. The van der Waals surface area contributed by atoms with Gasteiger partial charge in [0.15, 0.2) is 0 Å². The van der Waals surface area contributed by atoms with Crippen LogP contribution in [0, 0.1) is 6.92 Å². The maximum atomic E-state index is 9.85. The molecule has 0 amide bonds. The second-order valence-electron chi connectivity index (χ2n) is 4.19. The Labute approximate surface area is 83.2 Å². The van der Waals surface area contributed by atoms with Gasteiger partial charge >= 0.3 is 0 Å². The van der Waals surface area contributed by atoms with Crippen molar-refractivity contribution in [2.75, 3.05) is 0 Å². The van der Waals surface area contributed by atoms with Gasteiger partial charge in [0.1, 0.15) is 5.58 Å². The highest BCUT2D eigenvalue weighted by Crippen LogP contribution is 2.27. The Kier molecular flexibility index (Phi) is 1.89. The van der Waals surface area contributed by atoms with E-state index in [1.807, 2.05) is 25.1 Å². The van der Waals surface area contributed by atoms with Crippen molar-refractivity contribution in [3.05, 3.63) is 35.6 Å². The van der Waals surface area contributed by atoms with Crippen LogP contribution in [0.5, 0.6) is 0 Å². The summed E-state index contributed by atoms with van der Waals surface area (Å²) in [6.07, 6.45) is 1.73. The number of aliphatic hydroxyl groups is 1. The Morgan fingerprint density at radius 1 is 1.29 bits per heavy atom. The van der Waals surface area contributed by atoms with Crippen molar-refractivity contribution in [3.63, 3.8) is 0 Å². The maximum absolute atomic E-state index is 9.85. The SMILES string of the molecule is Cc1coc2ccc(C(C)(C)O)cc12. The van der Waals surface area contributed by atoms with Crippen LogP contribution in [0.4, 0.5) is 0 Å². The zero-order chi connectivity index (χ0) is 10.3. The lowest BCUT2D eigenvalue weighted by Crippen LogP contribution is -2.14. The molecule has 0 aliphatic carbocycles. The molecule has 14 heavy (non-hydrogen) atoms. The van der Waals surface area contributed by atoms with E-state index in [2.05, 4.69) is 0 Å². The quantitative estimate of drug-likeness (QED) is 0.750. The molecule has 1 aromatic carbocycles. The molecule has 0 saturated carbocycles. The van der Waals surface area contributed by atoms with Crippen LogP contribution in [0.2, 0.25) is 0 Å². The van der Waals surface area contributed by atoms with Gasteiger partial charge in [0.2, 0.25) is 0 Å². The van der Waals surface area contributed by atoms with Gasteiger partial charge in [0.25, 0.3) is 0 Å². The molecular formula is C12H14O2. The van der Waals surface area contributed by atoms with Crippen LogP contribution in [0.3, 0.4) is 0 Å². The fraction of sp³-hybridized carbons (Fsp3) is 0.333. The molecule has 2 aromatic rings. The van der Waals surface area contributed by atoms with E-state index in [1.54, 1.807) is 20.1 Å². The van der Waals surface area contributed by atoms with Gasteiger partial charge in [0, 0.05) is 5.39 Å². The van der Waals surface area contributed by atoms with Crippen LogP contribution in [-0.4, -0.2) is 5.11 Å². The molecule has 0 spiro atoms. The smallest absolute Gasteiger partial charge is 0.134 e. The summed E-state index contributed by atoms with van der Waals surface area (Å²) >= 11 is 0. The van der Waals surface area contributed by atoms with Crippen molar-refractivity contribution in [2.45, 2.75) is 26.4 Å². The Bertz CT molecular complexity index is 461. The predicted molar refractivity (Wildman–Crippen MR) is 56.2 cm³/mol. The monoisotopic (exact) mass is 190 g/mol. The van der Waals surface area contributed by atoms with Crippen molar-refractivity contribution < 1.29 is 9.52 Å². The lowest BCUT2D eigenvalue weighted by molar-refractivity contribution is 0.0787. The van der Waals surface area contributed by atoms with Crippen LogP contribution in [0.1, 0.15) is 25.0 Å². The third kappa shape index (κ3) is 1.42. The molecule has 0 unspecified atom stereocenters. The lowest BCUT2D eigenvalue weighted by Gasteiger charge is -2.17. The van der Waals surface area contributed by atoms with Gasteiger partial charge in [0.05, 0.1) is 11.9 Å². The average Bonchev–Trinajstić information content (AvgIpc) is 2.46. The molecule has 1 heterocycles. The molecular weight excluding hydrogens is 176 g/mol. The third-order valence-electron chi connectivity index (χ3n) is 2.47. The minimum Gasteiger partial charge on any atom is -0.464 e. The summed E-state index contributed by atoms with van der Waals surface area (Å²) in [7, 11) is 0. The third-order valence-corrected chi connectivity index (χ3v) is 2.47. The fourth-order valence-corrected chi connectivity index (χ4v) is 1.54. The topological polar surface area (TPSA) is 33.4 Å². The lowest BCUT2D eigenvalue weighted by atomic mass is 9.97. The molecule has 74 valence electrons. The normalized spacial score (nSPS) is 12.3. The van der Waals surface area contributed by atoms with Crippen LogP contribution in [0.25, 0.3) is 11.0 Å². The highest BCUT2D eigenvalue weighted by Gasteiger charge is 2.16. The average molecular weight is 190 g/mol. The number of hydrogen-bond acceptors (Lipinski definition) is 2. The fourth-order valence-electron chi connectivity index (χ4n) is 1.54. The van der Waals surface area contributed by atoms with E-state index in [1.165, 1.54) is 0 Å². The highest BCUT2D eigenvalue weighted by molar-refractivity contribution is 5.81.